The van der Waals surface area contributed by atoms with Gasteiger partial charge in [-0.1, -0.05) is 12.1 Å². The maximum Gasteiger partial charge on any atom is 0.301 e. The Bertz CT molecular complexity index is 851. The highest BCUT2D eigenvalue weighted by Gasteiger charge is 2.25. The Morgan fingerprint density at radius 3 is 2.81 bits per heavy atom. The third-order valence-corrected chi connectivity index (χ3v) is 3.96. The monoisotopic (exact) mass is 284 g/mol. The molecular formula is C15H13FN4O. The van der Waals surface area contributed by atoms with Gasteiger partial charge in [0.2, 0.25) is 0 Å². The van der Waals surface area contributed by atoms with Gasteiger partial charge in [-0.15, -0.1) is 0 Å². The molecule has 106 valence electrons. The van der Waals surface area contributed by atoms with E-state index in [1.165, 1.54) is 6.07 Å². The van der Waals surface area contributed by atoms with Crippen LogP contribution < -0.4 is 5.56 Å². The molecule has 21 heavy (non-hydrogen) atoms. The molecule has 5 nitrogen and oxygen atoms in total. The number of rotatable bonds is 1. The zero-order valence-corrected chi connectivity index (χ0v) is 11.3. The highest BCUT2D eigenvalue weighted by molar-refractivity contribution is 5.61. The van der Waals surface area contributed by atoms with E-state index in [9.17, 15) is 9.18 Å². The van der Waals surface area contributed by atoms with Crippen molar-refractivity contribution in [3.05, 3.63) is 51.7 Å². The molecule has 1 aromatic carbocycles. The Kier molecular flexibility index (Phi) is 2.63. The Morgan fingerprint density at radius 1 is 1.14 bits per heavy atom. The molecule has 0 atom stereocenters. The fraction of sp³-hybridized carbons (Fsp3) is 0.267. The lowest BCUT2D eigenvalue weighted by Gasteiger charge is -2.16. The molecule has 0 amide bonds. The van der Waals surface area contributed by atoms with Crippen molar-refractivity contribution >= 4 is 0 Å². The van der Waals surface area contributed by atoms with Crippen LogP contribution in [-0.4, -0.2) is 20.0 Å². The van der Waals surface area contributed by atoms with Crippen LogP contribution in [0.2, 0.25) is 0 Å². The Hall–Kier alpha value is -2.50. The van der Waals surface area contributed by atoms with E-state index < -0.39 is 5.82 Å². The zero-order valence-electron chi connectivity index (χ0n) is 11.3. The summed E-state index contributed by atoms with van der Waals surface area (Å²) in [5.41, 5.74) is 2.71. The summed E-state index contributed by atoms with van der Waals surface area (Å²) in [5.74, 6) is -0.472. The van der Waals surface area contributed by atoms with Gasteiger partial charge in [-0.2, -0.15) is 14.9 Å². The lowest BCUT2D eigenvalue weighted by Crippen LogP contribution is -2.17. The van der Waals surface area contributed by atoms with E-state index >= 15 is 0 Å². The third kappa shape index (κ3) is 1.79. The predicted molar refractivity (Wildman–Crippen MR) is 75.2 cm³/mol. The van der Waals surface area contributed by atoms with Crippen LogP contribution in [0.1, 0.15) is 24.1 Å². The van der Waals surface area contributed by atoms with Crippen molar-refractivity contribution < 1.29 is 4.39 Å². The fourth-order valence-corrected chi connectivity index (χ4v) is 2.90. The number of halogens is 1. The topological polar surface area (TPSA) is 63.6 Å². The molecule has 1 aliphatic carbocycles. The van der Waals surface area contributed by atoms with E-state index in [0.29, 0.717) is 5.69 Å². The van der Waals surface area contributed by atoms with Crippen LogP contribution in [0.3, 0.4) is 0 Å². The summed E-state index contributed by atoms with van der Waals surface area (Å²) < 4.78 is 15.0. The highest BCUT2D eigenvalue weighted by Crippen LogP contribution is 2.27. The molecule has 4 rings (SSSR count). The van der Waals surface area contributed by atoms with Gasteiger partial charge in [0.15, 0.2) is 5.69 Å². The maximum absolute atomic E-state index is 13.9. The second kappa shape index (κ2) is 4.51. The van der Waals surface area contributed by atoms with Gasteiger partial charge < -0.3 is 0 Å². The summed E-state index contributed by atoms with van der Waals surface area (Å²) in [6.07, 6.45) is 3.97. The fourth-order valence-electron chi connectivity index (χ4n) is 2.90. The van der Waals surface area contributed by atoms with E-state index in [1.54, 1.807) is 18.2 Å². The molecule has 2 aliphatic heterocycles. The Labute approximate surface area is 119 Å². The van der Waals surface area contributed by atoms with Crippen molar-refractivity contribution in [2.75, 3.05) is 0 Å². The molecule has 0 radical (unpaired) electrons. The first kappa shape index (κ1) is 12.3. The van der Waals surface area contributed by atoms with Gasteiger partial charge in [-0.05, 0) is 37.8 Å². The lowest BCUT2D eigenvalue weighted by molar-refractivity contribution is 0.608. The van der Waals surface area contributed by atoms with Gasteiger partial charge >= 0.3 is 5.56 Å². The normalized spacial score (nSPS) is 14.3. The third-order valence-electron chi connectivity index (χ3n) is 3.96. The maximum atomic E-state index is 13.9. The van der Waals surface area contributed by atoms with Crippen LogP contribution in [0, 0.1) is 5.82 Å². The van der Waals surface area contributed by atoms with Crippen molar-refractivity contribution in [2.24, 2.45) is 0 Å². The molecule has 0 aromatic heterocycles. The first-order valence-corrected chi connectivity index (χ1v) is 7.00. The number of nitrogens with zero attached hydrogens (tertiary/aromatic N) is 3. The smallest absolute Gasteiger partial charge is 0.281 e. The highest BCUT2D eigenvalue weighted by atomic mass is 19.1. The first-order chi connectivity index (χ1) is 10.3. The van der Waals surface area contributed by atoms with Gasteiger partial charge in [-0.3, -0.25) is 9.89 Å². The zero-order chi connectivity index (χ0) is 14.4. The van der Waals surface area contributed by atoms with Crippen molar-refractivity contribution in [1.82, 2.24) is 20.0 Å². The minimum absolute atomic E-state index is 0.157. The van der Waals surface area contributed by atoms with Crippen molar-refractivity contribution in [1.29, 1.82) is 0 Å². The van der Waals surface area contributed by atoms with Gasteiger partial charge in [0.1, 0.15) is 17.2 Å². The van der Waals surface area contributed by atoms with Crippen LogP contribution in [0.25, 0.3) is 17.1 Å². The average molecular weight is 284 g/mol. The van der Waals surface area contributed by atoms with Crippen molar-refractivity contribution in [3.8, 4) is 17.1 Å². The van der Waals surface area contributed by atoms with Crippen molar-refractivity contribution in [2.45, 2.75) is 25.7 Å². The summed E-state index contributed by atoms with van der Waals surface area (Å²) in [5, 5.41) is 11.4. The van der Waals surface area contributed by atoms with Crippen molar-refractivity contribution in [3.63, 3.8) is 0 Å². The summed E-state index contributed by atoms with van der Waals surface area (Å²) in [7, 11) is 0. The lowest BCUT2D eigenvalue weighted by atomic mass is 9.94. The number of benzene rings is 1. The molecule has 0 bridgehead atoms. The molecule has 0 unspecified atom stereocenters. The van der Waals surface area contributed by atoms with E-state index in [-0.39, 0.29) is 16.9 Å². The SMILES string of the molecule is O=c1c2n[nH]c3c(c-2nn1-c1ccccc1F)CCCC3. The molecule has 0 spiro atoms. The van der Waals surface area contributed by atoms with Crippen LogP contribution in [-0.2, 0) is 12.8 Å². The van der Waals surface area contributed by atoms with Gasteiger partial charge in [0, 0.05) is 11.3 Å². The second-order valence-electron chi connectivity index (χ2n) is 5.25. The number of fused-ring (bicyclic) bond motifs is 3. The van der Waals surface area contributed by atoms with Gasteiger partial charge in [-0.25, -0.2) is 4.39 Å². The first-order valence-electron chi connectivity index (χ1n) is 7.00. The number of para-hydroxylation sites is 1. The van der Waals surface area contributed by atoms with E-state index in [1.807, 2.05) is 0 Å². The Balaban J connectivity index is 2.00. The van der Waals surface area contributed by atoms with Crippen LogP contribution in [0.4, 0.5) is 4.39 Å². The van der Waals surface area contributed by atoms with E-state index in [2.05, 4.69) is 15.3 Å². The molecule has 0 fully saturated rings. The van der Waals surface area contributed by atoms with Crippen LogP contribution in [0.15, 0.2) is 29.1 Å². The number of H-pyrrole nitrogens is 1. The molecule has 0 saturated carbocycles. The molecule has 6 heteroatoms. The molecule has 2 heterocycles. The number of aromatic nitrogens is 4. The summed E-state index contributed by atoms with van der Waals surface area (Å²) >= 11 is 0. The van der Waals surface area contributed by atoms with E-state index in [4.69, 9.17) is 0 Å². The summed E-state index contributed by atoms with van der Waals surface area (Å²) in [6, 6.07) is 6.12. The molecule has 3 aliphatic rings. The predicted octanol–water partition coefficient (Wildman–Crippen LogP) is 2.08. The minimum Gasteiger partial charge on any atom is -0.281 e. The molecule has 1 N–H and O–H groups in total. The van der Waals surface area contributed by atoms with Crippen LogP contribution >= 0.6 is 0 Å². The number of nitrogens with one attached hydrogen (secondary N) is 1. The number of hydrogen-bond acceptors (Lipinski definition) is 3. The standard InChI is InChI=1S/C15H13FN4O/c16-10-6-2-4-8-12(10)20-15(21)14-13(19-20)9-5-1-3-7-11(9)17-18-14/h2,4,6,8,17H,1,3,5,7H2. The number of aryl methyl sites for hydroxylation is 1. The summed E-state index contributed by atoms with van der Waals surface area (Å²) in [4.78, 5) is 12.4. The Morgan fingerprint density at radius 2 is 1.95 bits per heavy atom. The molecule has 0 saturated heterocycles. The minimum atomic E-state index is -0.472. The van der Waals surface area contributed by atoms with Crippen LogP contribution in [0.5, 0.6) is 0 Å². The molecular weight excluding hydrogens is 271 g/mol. The average Bonchev–Trinajstić information content (AvgIpc) is 2.85. The number of hydrogen-bond donors (Lipinski definition) is 1. The molecule has 1 aromatic rings. The second-order valence-corrected chi connectivity index (χ2v) is 5.25. The van der Waals surface area contributed by atoms with Gasteiger partial charge in [0.25, 0.3) is 0 Å². The quantitative estimate of drug-likeness (QED) is 0.744. The number of aromatic amines is 1. The largest absolute Gasteiger partial charge is 0.301 e. The van der Waals surface area contributed by atoms with E-state index in [0.717, 1.165) is 41.6 Å². The van der Waals surface area contributed by atoms with Gasteiger partial charge in [0.05, 0.1) is 0 Å². The summed E-state index contributed by atoms with van der Waals surface area (Å²) in [6.45, 7) is 0.